The average molecular weight is 283 g/mol. The molecule has 0 saturated heterocycles. The Morgan fingerprint density at radius 1 is 1.40 bits per heavy atom. The summed E-state index contributed by atoms with van der Waals surface area (Å²) in [5.41, 5.74) is 0.120. The molecule has 0 unspecified atom stereocenters. The highest BCUT2D eigenvalue weighted by molar-refractivity contribution is 5.93. The van der Waals surface area contributed by atoms with Crippen LogP contribution in [0.3, 0.4) is 0 Å². The monoisotopic (exact) mass is 283 g/mol. The van der Waals surface area contributed by atoms with Gasteiger partial charge in [0.05, 0.1) is 24.3 Å². The summed E-state index contributed by atoms with van der Waals surface area (Å²) in [6.07, 6.45) is 3.17. The number of amides is 1. The minimum Gasteiger partial charge on any atom is -0.395 e. The van der Waals surface area contributed by atoms with E-state index in [0.717, 1.165) is 12.8 Å². The lowest BCUT2D eigenvalue weighted by Crippen LogP contribution is -2.36. The van der Waals surface area contributed by atoms with Gasteiger partial charge in [0.1, 0.15) is 5.69 Å². The van der Waals surface area contributed by atoms with Crippen LogP contribution in [0, 0.1) is 10.1 Å². The summed E-state index contributed by atoms with van der Waals surface area (Å²) in [7, 11) is 0. The van der Waals surface area contributed by atoms with Gasteiger partial charge in [0.15, 0.2) is 0 Å². The quantitative estimate of drug-likeness (QED) is 0.547. The van der Waals surface area contributed by atoms with E-state index in [2.05, 4.69) is 0 Å². The van der Waals surface area contributed by atoms with Crippen LogP contribution in [0.2, 0.25) is 0 Å². The van der Waals surface area contributed by atoms with Gasteiger partial charge in [-0.1, -0.05) is 0 Å². The zero-order chi connectivity index (χ0) is 14.7. The average Bonchev–Trinajstić information content (AvgIpc) is 3.16. The molecule has 2 rings (SSSR count). The minimum absolute atomic E-state index is 0.0863. The van der Waals surface area contributed by atoms with Crippen LogP contribution < -0.4 is 0 Å². The van der Waals surface area contributed by atoms with Crippen LogP contribution >= 0.6 is 0 Å². The number of aliphatic hydroxyl groups excluding tert-OH is 2. The summed E-state index contributed by atoms with van der Waals surface area (Å²) in [6.45, 7) is -0.276. The number of aliphatic hydroxyl groups is 2. The maximum Gasteiger partial charge on any atom is 0.287 e. The van der Waals surface area contributed by atoms with E-state index >= 15 is 0 Å². The van der Waals surface area contributed by atoms with Gasteiger partial charge in [0.2, 0.25) is 0 Å². The molecule has 0 aliphatic heterocycles. The van der Waals surface area contributed by atoms with Gasteiger partial charge in [-0.2, -0.15) is 0 Å². The second-order valence-corrected chi connectivity index (χ2v) is 4.72. The smallest absolute Gasteiger partial charge is 0.287 e. The third-order valence-corrected chi connectivity index (χ3v) is 3.23. The first kappa shape index (κ1) is 14.5. The molecule has 110 valence electrons. The first-order valence-electron chi connectivity index (χ1n) is 6.45. The van der Waals surface area contributed by atoms with Crippen molar-refractivity contribution in [1.82, 2.24) is 9.47 Å². The van der Waals surface area contributed by atoms with E-state index in [1.54, 1.807) is 4.57 Å². The molecule has 8 nitrogen and oxygen atoms in total. The molecule has 1 aliphatic carbocycles. The van der Waals surface area contributed by atoms with Crippen molar-refractivity contribution in [3.63, 3.8) is 0 Å². The van der Waals surface area contributed by atoms with Crippen molar-refractivity contribution in [3.8, 4) is 0 Å². The van der Waals surface area contributed by atoms with Crippen LogP contribution in [0.25, 0.3) is 0 Å². The zero-order valence-corrected chi connectivity index (χ0v) is 10.9. The van der Waals surface area contributed by atoms with Crippen LogP contribution in [-0.2, 0) is 0 Å². The van der Waals surface area contributed by atoms with Crippen molar-refractivity contribution in [1.29, 1.82) is 0 Å². The van der Waals surface area contributed by atoms with Crippen LogP contribution in [-0.4, -0.2) is 56.8 Å². The van der Waals surface area contributed by atoms with Crippen molar-refractivity contribution in [2.75, 3.05) is 26.3 Å². The van der Waals surface area contributed by atoms with Crippen LogP contribution in [0.1, 0.15) is 29.4 Å². The van der Waals surface area contributed by atoms with Gasteiger partial charge in [-0.25, -0.2) is 0 Å². The fourth-order valence-electron chi connectivity index (χ4n) is 2.11. The fourth-order valence-corrected chi connectivity index (χ4v) is 2.11. The molecule has 0 aromatic carbocycles. The second-order valence-electron chi connectivity index (χ2n) is 4.72. The highest BCUT2D eigenvalue weighted by Crippen LogP contribution is 2.38. The lowest BCUT2D eigenvalue weighted by molar-refractivity contribution is -0.384. The zero-order valence-electron chi connectivity index (χ0n) is 10.9. The number of rotatable bonds is 7. The van der Waals surface area contributed by atoms with Crippen LogP contribution in [0.4, 0.5) is 5.69 Å². The highest BCUT2D eigenvalue weighted by atomic mass is 16.6. The number of carbonyl (C=O) groups excluding carboxylic acids is 1. The minimum atomic E-state index is -0.530. The van der Waals surface area contributed by atoms with Crippen LogP contribution in [0.5, 0.6) is 0 Å². The van der Waals surface area contributed by atoms with Gasteiger partial charge in [0.25, 0.3) is 11.6 Å². The molecule has 1 aliphatic rings. The standard InChI is InChI=1S/C12H17N3O5/c16-5-3-13(4-6-17)12(18)11-7-10(15(19)20)8-14(11)9-1-2-9/h7-9,16-17H,1-6H2. The number of carbonyl (C=O) groups is 1. The molecule has 2 N–H and O–H groups in total. The van der Waals surface area contributed by atoms with Gasteiger partial charge >= 0.3 is 0 Å². The van der Waals surface area contributed by atoms with Gasteiger partial charge in [0, 0.05) is 25.2 Å². The number of nitrogens with zero attached hydrogens (tertiary/aromatic N) is 3. The summed E-state index contributed by atoms with van der Waals surface area (Å²) in [5.74, 6) is -0.409. The predicted octanol–water partition coefficient (Wildman–Crippen LogP) is 0.158. The van der Waals surface area contributed by atoms with E-state index in [9.17, 15) is 14.9 Å². The molecule has 1 saturated carbocycles. The third-order valence-electron chi connectivity index (χ3n) is 3.23. The lowest BCUT2D eigenvalue weighted by atomic mass is 10.3. The molecule has 1 aromatic rings. The molecule has 1 heterocycles. The van der Waals surface area contributed by atoms with Gasteiger partial charge in [-0.3, -0.25) is 14.9 Å². The Hall–Kier alpha value is -1.93. The highest BCUT2D eigenvalue weighted by Gasteiger charge is 2.31. The Balaban J connectivity index is 2.29. The second kappa shape index (κ2) is 6.02. The Bertz CT molecular complexity index is 503. The maximum atomic E-state index is 12.4. The number of hydrogen-bond donors (Lipinski definition) is 2. The molecule has 0 radical (unpaired) electrons. The molecule has 0 bridgehead atoms. The molecule has 20 heavy (non-hydrogen) atoms. The first-order valence-corrected chi connectivity index (χ1v) is 6.45. The Labute approximate surface area is 115 Å². The summed E-state index contributed by atoms with van der Waals surface area (Å²) in [4.78, 5) is 24.0. The van der Waals surface area contributed by atoms with E-state index in [-0.39, 0.29) is 43.7 Å². The van der Waals surface area contributed by atoms with E-state index in [0.29, 0.717) is 0 Å². The summed E-state index contributed by atoms with van der Waals surface area (Å²) >= 11 is 0. The SMILES string of the molecule is O=C(c1cc([N+](=O)[O-])cn1C1CC1)N(CCO)CCO. The predicted molar refractivity (Wildman–Crippen MR) is 69.4 cm³/mol. The molecule has 0 spiro atoms. The van der Waals surface area contributed by atoms with E-state index in [1.165, 1.54) is 17.2 Å². The van der Waals surface area contributed by atoms with Crippen molar-refractivity contribution in [2.24, 2.45) is 0 Å². The molecule has 1 aromatic heterocycles. The maximum absolute atomic E-state index is 12.4. The molecule has 1 amide bonds. The fraction of sp³-hybridized carbons (Fsp3) is 0.583. The van der Waals surface area contributed by atoms with E-state index in [1.807, 2.05) is 0 Å². The van der Waals surface area contributed by atoms with Crippen molar-refractivity contribution in [3.05, 3.63) is 28.1 Å². The summed E-state index contributed by atoms with van der Waals surface area (Å²) in [6, 6.07) is 1.38. The largest absolute Gasteiger partial charge is 0.395 e. The lowest BCUT2D eigenvalue weighted by Gasteiger charge is -2.21. The van der Waals surface area contributed by atoms with Gasteiger partial charge < -0.3 is 19.7 Å². The molecule has 0 atom stereocenters. The Kier molecular flexibility index (Phi) is 4.35. The Morgan fingerprint density at radius 2 is 2.00 bits per heavy atom. The number of hydrogen-bond acceptors (Lipinski definition) is 5. The number of aromatic nitrogens is 1. The third kappa shape index (κ3) is 2.97. The van der Waals surface area contributed by atoms with Gasteiger partial charge in [-0.05, 0) is 12.8 Å². The molecular formula is C12H17N3O5. The number of nitro groups is 1. The van der Waals surface area contributed by atoms with Crippen molar-refractivity contribution >= 4 is 11.6 Å². The molecular weight excluding hydrogens is 266 g/mol. The van der Waals surface area contributed by atoms with E-state index < -0.39 is 10.8 Å². The molecule has 1 fully saturated rings. The van der Waals surface area contributed by atoms with Gasteiger partial charge in [-0.15, -0.1) is 0 Å². The normalized spacial score (nSPS) is 14.3. The van der Waals surface area contributed by atoms with Crippen molar-refractivity contribution < 1.29 is 19.9 Å². The summed E-state index contributed by atoms with van der Waals surface area (Å²) in [5, 5.41) is 28.7. The Morgan fingerprint density at radius 3 is 2.45 bits per heavy atom. The first-order chi connectivity index (χ1) is 9.58. The molecule has 8 heteroatoms. The topological polar surface area (TPSA) is 109 Å². The summed E-state index contributed by atoms with van der Waals surface area (Å²) < 4.78 is 1.63. The van der Waals surface area contributed by atoms with Crippen molar-refractivity contribution in [2.45, 2.75) is 18.9 Å². The van der Waals surface area contributed by atoms with Crippen LogP contribution in [0.15, 0.2) is 12.3 Å². The van der Waals surface area contributed by atoms with E-state index in [4.69, 9.17) is 10.2 Å².